The van der Waals surface area contributed by atoms with Crippen molar-refractivity contribution in [1.82, 2.24) is 19.3 Å². The van der Waals surface area contributed by atoms with Crippen LogP contribution in [0.15, 0.2) is 72.3 Å². The summed E-state index contributed by atoms with van der Waals surface area (Å²) in [7, 11) is 1.84. The minimum atomic E-state index is -2.90. The van der Waals surface area contributed by atoms with Crippen LogP contribution in [0.2, 0.25) is 0 Å². The molecule has 6 nitrogen and oxygen atoms in total. The van der Waals surface area contributed by atoms with Gasteiger partial charge >= 0.3 is 6.61 Å². The number of halogens is 2. The van der Waals surface area contributed by atoms with Gasteiger partial charge in [-0.05, 0) is 48.5 Å². The van der Waals surface area contributed by atoms with Gasteiger partial charge in [-0.1, -0.05) is 12.1 Å². The number of nitrogens with one attached hydrogen (secondary N) is 1. The second-order valence-corrected chi connectivity index (χ2v) is 7.83. The van der Waals surface area contributed by atoms with Gasteiger partial charge in [-0.15, -0.1) is 0 Å². The Morgan fingerprint density at radius 2 is 1.83 bits per heavy atom. The van der Waals surface area contributed by atoms with Crippen LogP contribution in [0.3, 0.4) is 0 Å². The smallest absolute Gasteiger partial charge is 0.387 e. The van der Waals surface area contributed by atoms with E-state index >= 15 is 0 Å². The van der Waals surface area contributed by atoms with Crippen LogP contribution in [0, 0.1) is 0 Å². The topological polar surface area (TPSA) is 75.0 Å². The van der Waals surface area contributed by atoms with E-state index in [0.717, 1.165) is 27.6 Å². The standard InChI is InChI=1S/C21H18F2N4O2S/c1-24-9-16-12-27(30(28)18-5-3-17(4-6-18)29-21(22)23)20-8-14(2-7-19(16)20)15-10-25-13-26-11-15/h2-8,10-13,21,24H,9H2,1H3. The summed E-state index contributed by atoms with van der Waals surface area (Å²) < 4.78 is 44.1. The van der Waals surface area contributed by atoms with Crippen molar-refractivity contribution in [3.63, 3.8) is 0 Å². The Morgan fingerprint density at radius 3 is 2.50 bits per heavy atom. The summed E-state index contributed by atoms with van der Waals surface area (Å²) in [5.74, 6) is 0.0188. The molecule has 0 spiro atoms. The minimum absolute atomic E-state index is 0.0188. The van der Waals surface area contributed by atoms with Gasteiger partial charge in [0.25, 0.3) is 0 Å². The SMILES string of the molecule is CNCc1cn([S+]([O-])c2ccc(OC(F)F)cc2)c2cc(-c3cncnc3)ccc12. The molecule has 4 aromatic rings. The Bertz CT molecular complexity index is 1140. The Kier molecular flexibility index (Phi) is 5.93. The molecule has 2 aromatic carbocycles. The molecule has 154 valence electrons. The maximum atomic E-state index is 13.3. The molecule has 0 fully saturated rings. The number of hydrogen-bond donors (Lipinski definition) is 1. The van der Waals surface area contributed by atoms with Gasteiger partial charge in [0.1, 0.15) is 23.4 Å². The van der Waals surface area contributed by atoms with Crippen LogP contribution in [0.4, 0.5) is 8.78 Å². The van der Waals surface area contributed by atoms with E-state index in [1.807, 2.05) is 31.4 Å². The first-order chi connectivity index (χ1) is 14.6. The summed E-state index contributed by atoms with van der Waals surface area (Å²) in [6, 6.07) is 11.7. The predicted molar refractivity (Wildman–Crippen MR) is 111 cm³/mol. The third-order valence-corrected chi connectivity index (χ3v) is 5.88. The number of fused-ring (bicyclic) bond motifs is 1. The molecule has 1 N–H and O–H groups in total. The van der Waals surface area contributed by atoms with E-state index in [-0.39, 0.29) is 5.75 Å². The molecule has 0 saturated heterocycles. The molecular weight excluding hydrogens is 410 g/mol. The second-order valence-electron chi connectivity index (χ2n) is 6.47. The lowest BCUT2D eigenvalue weighted by molar-refractivity contribution is -0.0498. The van der Waals surface area contributed by atoms with Crippen LogP contribution in [0.5, 0.6) is 5.75 Å². The van der Waals surface area contributed by atoms with E-state index in [4.69, 9.17) is 0 Å². The zero-order valence-electron chi connectivity index (χ0n) is 16.0. The third kappa shape index (κ3) is 4.13. The Morgan fingerprint density at radius 1 is 1.10 bits per heavy atom. The lowest BCUT2D eigenvalue weighted by atomic mass is 10.1. The van der Waals surface area contributed by atoms with Crippen molar-refractivity contribution < 1.29 is 18.1 Å². The van der Waals surface area contributed by atoms with Crippen LogP contribution >= 0.6 is 0 Å². The molecule has 0 radical (unpaired) electrons. The van der Waals surface area contributed by atoms with Crippen molar-refractivity contribution in [2.45, 2.75) is 18.1 Å². The maximum absolute atomic E-state index is 13.3. The third-order valence-electron chi connectivity index (χ3n) is 4.54. The van der Waals surface area contributed by atoms with Crippen molar-refractivity contribution in [1.29, 1.82) is 0 Å². The number of alkyl halides is 2. The van der Waals surface area contributed by atoms with Crippen LogP contribution in [0.25, 0.3) is 22.0 Å². The molecule has 0 amide bonds. The van der Waals surface area contributed by atoms with E-state index in [2.05, 4.69) is 20.0 Å². The average Bonchev–Trinajstić information content (AvgIpc) is 3.12. The van der Waals surface area contributed by atoms with Gasteiger partial charge in [0.2, 0.25) is 0 Å². The largest absolute Gasteiger partial charge is 0.587 e. The monoisotopic (exact) mass is 428 g/mol. The maximum Gasteiger partial charge on any atom is 0.387 e. The van der Waals surface area contributed by atoms with Crippen LogP contribution in [-0.4, -0.2) is 32.2 Å². The van der Waals surface area contributed by atoms with Crippen molar-refractivity contribution in [2.24, 2.45) is 0 Å². The predicted octanol–water partition coefficient (Wildman–Crippen LogP) is 3.99. The first-order valence-electron chi connectivity index (χ1n) is 9.08. The molecule has 4 rings (SSSR count). The highest BCUT2D eigenvalue weighted by atomic mass is 32.2. The number of rotatable bonds is 7. The van der Waals surface area contributed by atoms with Gasteiger partial charge in [0, 0.05) is 29.9 Å². The number of nitrogens with zero attached hydrogens (tertiary/aromatic N) is 3. The molecule has 0 aliphatic rings. The Labute approximate surface area is 174 Å². The fourth-order valence-electron chi connectivity index (χ4n) is 3.21. The van der Waals surface area contributed by atoms with Gasteiger partial charge in [-0.25, -0.2) is 9.97 Å². The molecule has 0 saturated carbocycles. The fourth-order valence-corrected chi connectivity index (χ4v) is 4.36. The van der Waals surface area contributed by atoms with E-state index < -0.39 is 18.0 Å². The minimum Gasteiger partial charge on any atom is -0.587 e. The fraction of sp³-hybridized carbons (Fsp3) is 0.143. The van der Waals surface area contributed by atoms with E-state index in [1.54, 1.807) is 16.4 Å². The van der Waals surface area contributed by atoms with Gasteiger partial charge in [-0.3, -0.25) is 0 Å². The highest BCUT2D eigenvalue weighted by Gasteiger charge is 2.21. The van der Waals surface area contributed by atoms with Crippen LogP contribution < -0.4 is 10.1 Å². The number of ether oxygens (including phenoxy) is 1. The van der Waals surface area contributed by atoms with E-state index in [1.165, 1.54) is 30.6 Å². The van der Waals surface area contributed by atoms with E-state index in [9.17, 15) is 13.3 Å². The first kappa shape index (κ1) is 20.3. The summed E-state index contributed by atoms with van der Waals surface area (Å²) >= 11 is -1.58. The van der Waals surface area contributed by atoms with Gasteiger partial charge in [0.15, 0.2) is 4.90 Å². The lowest BCUT2D eigenvalue weighted by Crippen LogP contribution is -2.12. The molecule has 1 unspecified atom stereocenters. The van der Waals surface area contributed by atoms with Gasteiger partial charge in [-0.2, -0.15) is 12.8 Å². The zero-order valence-corrected chi connectivity index (χ0v) is 16.8. The van der Waals surface area contributed by atoms with Crippen molar-refractivity contribution in [2.75, 3.05) is 7.05 Å². The molecule has 9 heteroatoms. The summed E-state index contributed by atoms with van der Waals surface area (Å²) in [6.45, 7) is -2.30. The number of aromatic nitrogens is 3. The van der Waals surface area contributed by atoms with Gasteiger partial charge in [0.05, 0.1) is 11.7 Å². The summed E-state index contributed by atoms with van der Waals surface area (Å²) in [5.41, 5.74) is 3.53. The van der Waals surface area contributed by atoms with Crippen LogP contribution in [-0.2, 0) is 17.9 Å². The van der Waals surface area contributed by atoms with E-state index in [0.29, 0.717) is 11.4 Å². The normalized spacial score (nSPS) is 12.4. The van der Waals surface area contributed by atoms with Crippen molar-refractivity contribution >= 4 is 22.3 Å². The molecule has 0 bridgehead atoms. The Hall–Kier alpha value is -3.01. The molecule has 0 aliphatic heterocycles. The summed E-state index contributed by atoms with van der Waals surface area (Å²) in [5, 5.41) is 4.09. The van der Waals surface area contributed by atoms with Gasteiger partial charge < -0.3 is 14.6 Å². The molecule has 0 aliphatic carbocycles. The molecule has 1 atom stereocenters. The number of benzene rings is 2. The van der Waals surface area contributed by atoms with Crippen molar-refractivity contribution in [3.05, 3.63) is 72.9 Å². The summed E-state index contributed by atoms with van der Waals surface area (Å²) in [4.78, 5) is 8.58. The van der Waals surface area contributed by atoms with Crippen molar-refractivity contribution in [3.8, 4) is 16.9 Å². The zero-order chi connectivity index (χ0) is 21.1. The molecule has 30 heavy (non-hydrogen) atoms. The van der Waals surface area contributed by atoms with Crippen LogP contribution in [0.1, 0.15) is 5.56 Å². The Balaban J connectivity index is 1.76. The highest BCUT2D eigenvalue weighted by Crippen LogP contribution is 2.30. The first-order valence-corrected chi connectivity index (χ1v) is 10.2. The average molecular weight is 428 g/mol. The molecule has 2 aromatic heterocycles. The lowest BCUT2D eigenvalue weighted by Gasteiger charge is -2.12. The second kappa shape index (κ2) is 8.78. The summed E-state index contributed by atoms with van der Waals surface area (Å²) in [6.07, 6.45) is 6.74. The quantitative estimate of drug-likeness (QED) is 0.451. The molecular formula is C21H18F2N4O2S. The molecule has 2 heterocycles. The highest BCUT2D eigenvalue weighted by molar-refractivity contribution is 7.90. The number of hydrogen-bond acceptors (Lipinski definition) is 5.